The van der Waals surface area contributed by atoms with E-state index < -0.39 is 5.60 Å². The molecule has 0 aliphatic rings. The zero-order valence-electron chi connectivity index (χ0n) is 14.4. The molecule has 2 nitrogen and oxygen atoms in total. The van der Waals surface area contributed by atoms with E-state index in [2.05, 4.69) is 39.8 Å². The van der Waals surface area contributed by atoms with Gasteiger partial charge in [0.05, 0.1) is 14.1 Å². The van der Waals surface area contributed by atoms with Crippen LogP contribution in [0.15, 0.2) is 60.7 Å². The monoisotopic (exact) mass is 308 g/mol. The van der Waals surface area contributed by atoms with Crippen LogP contribution in [0.1, 0.15) is 25.0 Å². The first kappa shape index (κ1) is 17.3. The van der Waals surface area contributed by atoms with Gasteiger partial charge in [-0.25, -0.2) is 0 Å². The fourth-order valence-electron chi connectivity index (χ4n) is 2.83. The van der Waals surface area contributed by atoms with Crippen molar-refractivity contribution in [3.05, 3.63) is 71.8 Å². The Balaban J connectivity index is 2.53. The third-order valence-corrected chi connectivity index (χ3v) is 4.08. The molecule has 0 saturated carbocycles. The molecular weight excluding hydrogens is 282 g/mol. The van der Waals surface area contributed by atoms with Gasteiger partial charge in [-0.2, -0.15) is 0 Å². The van der Waals surface area contributed by atoms with E-state index in [9.17, 15) is 5.11 Å². The first-order chi connectivity index (χ1) is 10.9. The molecule has 1 atom stereocenters. The lowest BCUT2D eigenvalue weighted by Gasteiger charge is -2.25. The largest absolute Gasteiger partial charge is 0.369 e. The van der Waals surface area contributed by atoms with E-state index in [1.807, 2.05) is 60.7 Å². The zero-order chi connectivity index (χ0) is 16.9. The maximum atomic E-state index is 11.4. The number of aliphatic hydroxyl groups is 1. The smallest absolute Gasteiger partial charge is 0.177 e. The lowest BCUT2D eigenvalue weighted by atomic mass is 9.86. The van der Waals surface area contributed by atoms with E-state index in [4.69, 9.17) is 0 Å². The zero-order valence-corrected chi connectivity index (χ0v) is 14.4. The van der Waals surface area contributed by atoms with Crippen molar-refractivity contribution in [3.8, 4) is 11.8 Å². The van der Waals surface area contributed by atoms with Crippen molar-refractivity contribution in [3.63, 3.8) is 0 Å². The molecule has 0 radical (unpaired) electrons. The number of hydrogen-bond donors (Lipinski definition) is 2. The quantitative estimate of drug-likeness (QED) is 0.831. The lowest BCUT2D eigenvalue weighted by Crippen LogP contribution is -3.10. The average Bonchev–Trinajstić information content (AvgIpc) is 2.55. The topological polar surface area (TPSA) is 24.7 Å². The van der Waals surface area contributed by atoms with E-state index in [0.717, 1.165) is 11.1 Å². The van der Waals surface area contributed by atoms with Gasteiger partial charge in [0.25, 0.3) is 0 Å². The highest BCUT2D eigenvalue weighted by Gasteiger charge is 2.30. The molecule has 2 aromatic carbocycles. The second-order valence-electron chi connectivity index (χ2n) is 6.51. The van der Waals surface area contributed by atoms with Gasteiger partial charge in [0.15, 0.2) is 11.6 Å². The van der Waals surface area contributed by atoms with E-state index in [1.165, 1.54) is 4.90 Å². The molecule has 2 heteroatoms. The van der Waals surface area contributed by atoms with Crippen molar-refractivity contribution >= 4 is 0 Å². The molecular formula is C21H26NO+. The summed E-state index contributed by atoms with van der Waals surface area (Å²) >= 11 is 0. The van der Waals surface area contributed by atoms with Crippen LogP contribution in [0.5, 0.6) is 0 Å². The van der Waals surface area contributed by atoms with Gasteiger partial charge in [-0.15, -0.1) is 0 Å². The first-order valence-corrected chi connectivity index (χ1v) is 8.11. The maximum absolute atomic E-state index is 11.4. The van der Waals surface area contributed by atoms with Gasteiger partial charge in [-0.05, 0) is 5.92 Å². The number of quaternary nitrogens is 1. The molecule has 0 aromatic heterocycles. The number of benzene rings is 2. The second kappa shape index (κ2) is 7.46. The number of hydrogen-bond acceptors (Lipinski definition) is 1. The highest BCUT2D eigenvalue weighted by Crippen LogP contribution is 2.28. The molecule has 0 aliphatic heterocycles. The van der Waals surface area contributed by atoms with Gasteiger partial charge in [-0.3, -0.25) is 0 Å². The normalized spacial score (nSPS) is 12.8. The summed E-state index contributed by atoms with van der Waals surface area (Å²) in [7, 11) is 4.20. The van der Waals surface area contributed by atoms with E-state index >= 15 is 0 Å². The van der Waals surface area contributed by atoms with Gasteiger partial charge in [0, 0.05) is 17.0 Å². The van der Waals surface area contributed by atoms with Crippen LogP contribution in [0.25, 0.3) is 0 Å². The molecule has 2 rings (SSSR count). The molecule has 0 fully saturated rings. The molecule has 120 valence electrons. The highest BCUT2D eigenvalue weighted by molar-refractivity contribution is 5.44. The van der Waals surface area contributed by atoms with Gasteiger partial charge in [0.2, 0.25) is 0 Å². The Bertz CT molecular complexity index is 618. The Morgan fingerprint density at radius 1 is 0.870 bits per heavy atom. The van der Waals surface area contributed by atoms with Crippen molar-refractivity contribution in [2.24, 2.45) is 5.92 Å². The summed E-state index contributed by atoms with van der Waals surface area (Å²) in [5.74, 6) is 6.92. The summed E-state index contributed by atoms with van der Waals surface area (Å²) in [6.45, 7) is 4.33. The van der Waals surface area contributed by atoms with Crippen molar-refractivity contribution < 1.29 is 10.0 Å². The molecule has 23 heavy (non-hydrogen) atoms. The third kappa shape index (κ3) is 4.01. The minimum atomic E-state index is -1.29. The molecule has 0 aliphatic carbocycles. The van der Waals surface area contributed by atoms with E-state index in [1.54, 1.807) is 0 Å². The average molecular weight is 308 g/mol. The number of nitrogens with one attached hydrogen (secondary N) is 1. The van der Waals surface area contributed by atoms with Crippen LogP contribution in [-0.4, -0.2) is 25.2 Å². The lowest BCUT2D eigenvalue weighted by molar-refractivity contribution is -0.880. The van der Waals surface area contributed by atoms with Crippen molar-refractivity contribution in [1.29, 1.82) is 0 Å². The predicted molar refractivity (Wildman–Crippen MR) is 95.1 cm³/mol. The summed E-state index contributed by atoms with van der Waals surface area (Å²) in [4.78, 5) is 1.27. The fraction of sp³-hybridized carbons (Fsp3) is 0.333. The van der Waals surface area contributed by atoms with Gasteiger partial charge in [0.1, 0.15) is 0 Å². The summed E-state index contributed by atoms with van der Waals surface area (Å²) in [5.41, 5.74) is 0.315. The Morgan fingerprint density at radius 3 is 1.65 bits per heavy atom. The van der Waals surface area contributed by atoms with Crippen LogP contribution in [0.3, 0.4) is 0 Å². The minimum absolute atomic E-state index is 0.175. The summed E-state index contributed by atoms with van der Waals surface area (Å²) < 4.78 is 0. The highest BCUT2D eigenvalue weighted by atomic mass is 16.3. The molecule has 2 N–H and O–H groups in total. The molecule has 0 unspecified atom stereocenters. The van der Waals surface area contributed by atoms with Crippen LogP contribution >= 0.6 is 0 Å². The summed E-state index contributed by atoms with van der Waals surface area (Å²) in [5, 5.41) is 11.4. The molecule has 0 amide bonds. The predicted octanol–water partition coefficient (Wildman–Crippen LogP) is 2.09. The Morgan fingerprint density at radius 2 is 1.30 bits per heavy atom. The van der Waals surface area contributed by atoms with E-state index in [0.29, 0.717) is 5.92 Å². The molecule has 0 spiro atoms. The minimum Gasteiger partial charge on any atom is -0.369 e. The van der Waals surface area contributed by atoms with E-state index in [-0.39, 0.29) is 6.04 Å². The molecule has 0 heterocycles. The van der Waals surface area contributed by atoms with Crippen LogP contribution < -0.4 is 4.90 Å². The standard InChI is InChI=1S/C21H25NO/c1-17(2)20(22(3)4)15-16-21(23,18-11-7-5-8-12-18)19-13-9-6-10-14-19/h5-14,17,20,23H,1-4H3/p+1/t20-/m0/s1. The van der Waals surface area contributed by atoms with Gasteiger partial charge < -0.3 is 10.0 Å². The second-order valence-corrected chi connectivity index (χ2v) is 6.51. The summed E-state index contributed by atoms with van der Waals surface area (Å²) in [6, 6.07) is 19.5. The van der Waals surface area contributed by atoms with Gasteiger partial charge >= 0.3 is 0 Å². The van der Waals surface area contributed by atoms with Crippen molar-refractivity contribution in [2.75, 3.05) is 14.1 Å². The Kier molecular flexibility index (Phi) is 5.60. The van der Waals surface area contributed by atoms with Crippen LogP contribution in [-0.2, 0) is 5.60 Å². The Hall–Kier alpha value is -2.08. The SMILES string of the molecule is CC(C)[C@H](C#CC(O)(c1ccccc1)c1ccccc1)[NH+](C)C. The molecule has 2 aromatic rings. The summed E-state index contributed by atoms with van der Waals surface area (Å²) in [6.07, 6.45) is 0. The third-order valence-electron chi connectivity index (χ3n) is 4.08. The van der Waals surface area contributed by atoms with Crippen LogP contribution in [0, 0.1) is 17.8 Å². The van der Waals surface area contributed by atoms with Crippen LogP contribution in [0.4, 0.5) is 0 Å². The molecule has 0 saturated heterocycles. The number of rotatable bonds is 4. The molecule has 0 bridgehead atoms. The van der Waals surface area contributed by atoms with Crippen molar-refractivity contribution in [1.82, 2.24) is 0 Å². The van der Waals surface area contributed by atoms with Gasteiger partial charge in [-0.1, -0.05) is 80.4 Å². The Labute approximate surface area is 139 Å². The fourth-order valence-corrected chi connectivity index (χ4v) is 2.83. The van der Waals surface area contributed by atoms with Crippen LogP contribution in [0.2, 0.25) is 0 Å². The first-order valence-electron chi connectivity index (χ1n) is 8.11. The maximum Gasteiger partial charge on any atom is 0.177 e. The van der Waals surface area contributed by atoms with Crippen molar-refractivity contribution in [2.45, 2.75) is 25.5 Å².